The molecule has 0 aliphatic heterocycles. The second-order valence-corrected chi connectivity index (χ2v) is 4.23. The van der Waals surface area contributed by atoms with Crippen LogP contribution in [0.15, 0.2) is 0 Å². The van der Waals surface area contributed by atoms with Crippen molar-refractivity contribution in [2.75, 3.05) is 19.7 Å². The van der Waals surface area contributed by atoms with Gasteiger partial charge in [-0.3, -0.25) is 4.79 Å². The van der Waals surface area contributed by atoms with Crippen molar-refractivity contribution in [1.82, 2.24) is 10.2 Å². The molecular formula is C11H20N2O4. The number of aliphatic hydroxyl groups excluding tert-OH is 1. The van der Waals surface area contributed by atoms with Crippen molar-refractivity contribution in [1.29, 1.82) is 0 Å². The number of nitrogens with one attached hydrogen (secondary N) is 1. The fourth-order valence-corrected chi connectivity index (χ4v) is 1.64. The second-order valence-electron chi connectivity index (χ2n) is 4.23. The number of amides is 2. The van der Waals surface area contributed by atoms with Crippen molar-refractivity contribution in [2.45, 2.75) is 38.1 Å². The minimum absolute atomic E-state index is 0.0249. The summed E-state index contributed by atoms with van der Waals surface area (Å²) < 4.78 is 0. The maximum absolute atomic E-state index is 11.7. The molecule has 2 amide bonds. The fourth-order valence-electron chi connectivity index (χ4n) is 1.64. The van der Waals surface area contributed by atoms with Crippen LogP contribution in [0.5, 0.6) is 0 Å². The third-order valence-electron chi connectivity index (χ3n) is 2.68. The number of urea groups is 1. The largest absolute Gasteiger partial charge is 0.481 e. The molecule has 0 saturated heterocycles. The van der Waals surface area contributed by atoms with Crippen molar-refractivity contribution >= 4 is 12.0 Å². The number of aliphatic hydroxyl groups is 1. The molecule has 1 saturated carbocycles. The van der Waals surface area contributed by atoms with Crippen LogP contribution in [0.2, 0.25) is 0 Å². The van der Waals surface area contributed by atoms with Crippen LogP contribution < -0.4 is 5.32 Å². The summed E-state index contributed by atoms with van der Waals surface area (Å²) >= 11 is 0. The van der Waals surface area contributed by atoms with Crippen LogP contribution in [0.3, 0.4) is 0 Å². The highest BCUT2D eigenvalue weighted by Crippen LogP contribution is 2.26. The smallest absolute Gasteiger partial charge is 0.317 e. The molecule has 17 heavy (non-hydrogen) atoms. The highest BCUT2D eigenvalue weighted by molar-refractivity contribution is 5.74. The van der Waals surface area contributed by atoms with E-state index in [1.807, 2.05) is 0 Å². The van der Waals surface area contributed by atoms with Gasteiger partial charge < -0.3 is 20.4 Å². The highest BCUT2D eigenvalue weighted by atomic mass is 16.4. The van der Waals surface area contributed by atoms with Crippen molar-refractivity contribution < 1.29 is 19.8 Å². The number of rotatable bonds is 8. The SMILES string of the molecule is O=C(O)CCCCNC(=O)N(CCO)C1CC1. The average molecular weight is 244 g/mol. The van der Waals surface area contributed by atoms with E-state index in [0.717, 1.165) is 12.8 Å². The molecule has 0 unspecified atom stereocenters. The van der Waals surface area contributed by atoms with Crippen molar-refractivity contribution in [2.24, 2.45) is 0 Å². The Bertz CT molecular complexity index is 266. The van der Waals surface area contributed by atoms with E-state index in [1.54, 1.807) is 4.90 Å². The number of hydrogen-bond acceptors (Lipinski definition) is 3. The Morgan fingerprint density at radius 2 is 2.00 bits per heavy atom. The summed E-state index contributed by atoms with van der Waals surface area (Å²) in [6.07, 6.45) is 3.38. The van der Waals surface area contributed by atoms with Gasteiger partial charge in [0.05, 0.1) is 6.61 Å². The van der Waals surface area contributed by atoms with Crippen molar-refractivity contribution in [3.05, 3.63) is 0 Å². The first-order chi connectivity index (χ1) is 8.15. The Balaban J connectivity index is 2.12. The number of unbranched alkanes of at least 4 members (excludes halogenated alkanes) is 1. The van der Waals surface area contributed by atoms with E-state index in [9.17, 15) is 9.59 Å². The topological polar surface area (TPSA) is 89.9 Å². The molecule has 0 heterocycles. The third kappa shape index (κ3) is 5.53. The van der Waals surface area contributed by atoms with Crippen LogP contribution in [0.4, 0.5) is 4.79 Å². The van der Waals surface area contributed by atoms with Gasteiger partial charge in [-0.05, 0) is 25.7 Å². The first-order valence-corrected chi connectivity index (χ1v) is 6.02. The minimum Gasteiger partial charge on any atom is -0.481 e. The summed E-state index contributed by atoms with van der Waals surface area (Å²) in [5.41, 5.74) is 0. The fraction of sp³-hybridized carbons (Fsp3) is 0.818. The van der Waals surface area contributed by atoms with Crippen LogP contribution in [-0.2, 0) is 4.79 Å². The summed E-state index contributed by atoms with van der Waals surface area (Å²) in [5, 5.41) is 20.0. The molecule has 1 aliphatic carbocycles. The predicted octanol–water partition coefficient (Wildman–Crippen LogP) is 0.408. The average Bonchev–Trinajstić information content (AvgIpc) is 3.08. The number of carboxylic acids is 1. The molecule has 98 valence electrons. The molecule has 1 fully saturated rings. The van der Waals surface area contributed by atoms with Gasteiger partial charge in [-0.1, -0.05) is 0 Å². The molecule has 0 bridgehead atoms. The first-order valence-electron chi connectivity index (χ1n) is 6.02. The van der Waals surface area contributed by atoms with E-state index in [4.69, 9.17) is 10.2 Å². The molecular weight excluding hydrogens is 224 g/mol. The minimum atomic E-state index is -0.809. The number of nitrogens with zero attached hydrogens (tertiary/aromatic N) is 1. The summed E-state index contributed by atoms with van der Waals surface area (Å²) in [6, 6.07) is 0.123. The van der Waals surface area contributed by atoms with Gasteiger partial charge in [-0.2, -0.15) is 0 Å². The molecule has 0 spiro atoms. The van der Waals surface area contributed by atoms with Gasteiger partial charge in [-0.25, -0.2) is 4.79 Å². The second kappa shape index (κ2) is 7.11. The van der Waals surface area contributed by atoms with E-state index in [1.165, 1.54) is 0 Å². The van der Waals surface area contributed by atoms with E-state index in [2.05, 4.69) is 5.32 Å². The van der Waals surface area contributed by atoms with Crippen molar-refractivity contribution in [3.8, 4) is 0 Å². The van der Waals surface area contributed by atoms with E-state index < -0.39 is 5.97 Å². The summed E-state index contributed by atoms with van der Waals surface area (Å²) in [4.78, 5) is 23.6. The van der Waals surface area contributed by atoms with Crippen LogP contribution in [0.1, 0.15) is 32.1 Å². The van der Waals surface area contributed by atoms with Crippen LogP contribution in [0, 0.1) is 0 Å². The zero-order valence-corrected chi connectivity index (χ0v) is 9.89. The van der Waals surface area contributed by atoms with Crippen LogP contribution in [0.25, 0.3) is 0 Å². The lowest BCUT2D eigenvalue weighted by Crippen LogP contribution is -2.43. The molecule has 0 aromatic rings. The summed E-state index contributed by atoms with van der Waals surface area (Å²) in [6.45, 7) is 0.829. The lowest BCUT2D eigenvalue weighted by molar-refractivity contribution is -0.137. The van der Waals surface area contributed by atoms with E-state index in [-0.39, 0.29) is 25.1 Å². The van der Waals surface area contributed by atoms with Crippen LogP contribution >= 0.6 is 0 Å². The summed E-state index contributed by atoms with van der Waals surface area (Å²) in [5.74, 6) is -0.809. The number of carbonyl (C=O) groups is 2. The maximum Gasteiger partial charge on any atom is 0.317 e. The van der Waals surface area contributed by atoms with E-state index >= 15 is 0 Å². The number of carbonyl (C=O) groups excluding carboxylic acids is 1. The molecule has 0 aromatic heterocycles. The Morgan fingerprint density at radius 3 is 2.53 bits per heavy atom. The Kier molecular flexibility index (Phi) is 5.76. The maximum atomic E-state index is 11.7. The van der Waals surface area contributed by atoms with Gasteiger partial charge in [0.25, 0.3) is 0 Å². The van der Waals surface area contributed by atoms with Crippen LogP contribution in [-0.4, -0.2) is 52.9 Å². The highest BCUT2D eigenvalue weighted by Gasteiger charge is 2.31. The zero-order valence-electron chi connectivity index (χ0n) is 9.89. The normalized spacial score (nSPS) is 14.4. The molecule has 0 aromatic carbocycles. The molecule has 6 nitrogen and oxygen atoms in total. The number of hydrogen-bond donors (Lipinski definition) is 3. The van der Waals surface area contributed by atoms with Crippen molar-refractivity contribution in [3.63, 3.8) is 0 Å². The van der Waals surface area contributed by atoms with Gasteiger partial charge in [0.1, 0.15) is 0 Å². The first kappa shape index (κ1) is 13.8. The molecule has 6 heteroatoms. The molecule has 0 atom stereocenters. The van der Waals surface area contributed by atoms with Gasteiger partial charge in [0, 0.05) is 25.6 Å². The third-order valence-corrected chi connectivity index (χ3v) is 2.68. The summed E-state index contributed by atoms with van der Waals surface area (Å²) in [7, 11) is 0. The molecule has 0 radical (unpaired) electrons. The molecule has 3 N–H and O–H groups in total. The standard InChI is InChI=1S/C11H20N2O4/c14-8-7-13(9-4-5-9)11(17)12-6-2-1-3-10(15)16/h9,14H,1-8H2,(H,12,17)(H,15,16). The number of carboxylic acid groups (broad SMARTS) is 1. The Labute approximate surface area is 101 Å². The molecule has 1 aliphatic rings. The molecule has 1 rings (SSSR count). The monoisotopic (exact) mass is 244 g/mol. The number of aliphatic carboxylic acids is 1. The predicted molar refractivity (Wildman–Crippen MR) is 61.7 cm³/mol. The Hall–Kier alpha value is -1.30. The lowest BCUT2D eigenvalue weighted by atomic mass is 10.2. The quantitative estimate of drug-likeness (QED) is 0.539. The van der Waals surface area contributed by atoms with Gasteiger partial charge in [-0.15, -0.1) is 0 Å². The van der Waals surface area contributed by atoms with E-state index in [0.29, 0.717) is 25.9 Å². The van der Waals surface area contributed by atoms with Gasteiger partial charge in [0.2, 0.25) is 0 Å². The zero-order chi connectivity index (χ0) is 12.7. The Morgan fingerprint density at radius 1 is 1.29 bits per heavy atom. The lowest BCUT2D eigenvalue weighted by Gasteiger charge is -2.21. The van der Waals surface area contributed by atoms with Gasteiger partial charge >= 0.3 is 12.0 Å². The van der Waals surface area contributed by atoms with Gasteiger partial charge in [0.15, 0.2) is 0 Å².